The van der Waals surface area contributed by atoms with Crippen LogP contribution in [0, 0.1) is 20.8 Å². The van der Waals surface area contributed by atoms with Gasteiger partial charge in [0.25, 0.3) is 0 Å². The van der Waals surface area contributed by atoms with Crippen LogP contribution in [-0.2, 0) is 23.2 Å². The maximum atomic E-state index is 2.41. The van der Waals surface area contributed by atoms with E-state index >= 15 is 0 Å². The molecule has 0 radical (unpaired) electrons. The minimum Gasteiger partial charge on any atom is -0.748 e. The van der Waals surface area contributed by atoms with Crippen molar-refractivity contribution in [2.24, 2.45) is 0 Å². The second-order valence-corrected chi connectivity index (χ2v) is 12.3. The fourth-order valence-corrected chi connectivity index (χ4v) is 6.78. The van der Waals surface area contributed by atoms with Crippen LogP contribution in [0.15, 0.2) is 36.4 Å². The van der Waals surface area contributed by atoms with E-state index in [9.17, 15) is 0 Å². The SMILES string of the molecule is Cc1c[c-](CP(C(C)(C)C)C(C)(C)C)c(C)c1C.[Fe].[cH-]1[cH-][cH-][cH-][cH-]1. The molecule has 0 aliphatic heterocycles. The Morgan fingerprint density at radius 3 is 1.46 bits per heavy atom. The monoisotopic (exact) mass is 386 g/mol. The Kier molecular flexibility index (Phi) is 9.24. The van der Waals surface area contributed by atoms with E-state index < -0.39 is 0 Å². The third-order valence-corrected chi connectivity index (χ3v) is 8.43. The van der Waals surface area contributed by atoms with Gasteiger partial charge in [-0.2, -0.15) is 22.8 Å². The number of rotatable bonds is 2. The van der Waals surface area contributed by atoms with Crippen LogP contribution >= 0.6 is 7.92 Å². The van der Waals surface area contributed by atoms with Gasteiger partial charge in [-0.3, -0.25) is 0 Å². The molecule has 0 fully saturated rings. The molecular formula is C22H35FeP-6. The second kappa shape index (κ2) is 9.38. The molecule has 0 saturated heterocycles. The molecule has 0 atom stereocenters. The van der Waals surface area contributed by atoms with Crippen LogP contribution < -0.4 is 0 Å². The first-order chi connectivity index (χ1) is 10.4. The Labute approximate surface area is 162 Å². The minimum absolute atomic E-state index is 0. The van der Waals surface area contributed by atoms with Crippen LogP contribution in [-0.4, -0.2) is 10.3 Å². The molecule has 0 unspecified atom stereocenters. The third-order valence-electron chi connectivity index (χ3n) is 4.53. The summed E-state index contributed by atoms with van der Waals surface area (Å²) in [7, 11) is -0.0343. The zero-order chi connectivity index (χ0) is 17.8. The smallest absolute Gasteiger partial charge is 0 e. The van der Waals surface area contributed by atoms with Gasteiger partial charge in [0.05, 0.1) is 0 Å². The fraction of sp³-hybridized carbons (Fsp3) is 0.545. The second-order valence-electron chi connectivity index (χ2n) is 8.49. The van der Waals surface area contributed by atoms with E-state index in [-0.39, 0.29) is 25.0 Å². The van der Waals surface area contributed by atoms with Crippen molar-refractivity contribution in [1.29, 1.82) is 0 Å². The first-order valence-corrected chi connectivity index (χ1v) is 10.1. The first kappa shape index (κ1) is 23.6. The van der Waals surface area contributed by atoms with Crippen molar-refractivity contribution in [2.45, 2.75) is 78.8 Å². The fourth-order valence-electron chi connectivity index (χ4n) is 3.15. The number of hydrogen-bond donors (Lipinski definition) is 0. The van der Waals surface area contributed by atoms with Crippen LogP contribution in [0.3, 0.4) is 0 Å². The molecular weight excluding hydrogens is 351 g/mol. The molecule has 2 aromatic rings. The summed E-state index contributed by atoms with van der Waals surface area (Å²) in [5, 5.41) is 0.832. The van der Waals surface area contributed by atoms with Gasteiger partial charge in [-0.05, 0) is 10.3 Å². The summed E-state index contributed by atoms with van der Waals surface area (Å²) in [6.45, 7) is 21.2. The van der Waals surface area contributed by atoms with Gasteiger partial charge in [0.15, 0.2) is 0 Å². The average molecular weight is 386 g/mol. The predicted molar refractivity (Wildman–Crippen MR) is 108 cm³/mol. The minimum atomic E-state index is -0.0343. The molecule has 0 aromatic heterocycles. The van der Waals surface area contributed by atoms with Gasteiger partial charge < -0.3 is 30.3 Å². The molecule has 0 bridgehead atoms. The summed E-state index contributed by atoms with van der Waals surface area (Å²) >= 11 is 0. The zero-order valence-corrected chi connectivity index (χ0v) is 19.0. The van der Waals surface area contributed by atoms with Gasteiger partial charge in [0.2, 0.25) is 0 Å². The van der Waals surface area contributed by atoms with E-state index in [1.165, 1.54) is 22.9 Å². The Morgan fingerprint density at radius 2 is 1.21 bits per heavy atom. The molecule has 2 rings (SSSR count). The van der Waals surface area contributed by atoms with Gasteiger partial charge >= 0.3 is 0 Å². The molecule has 0 N–H and O–H groups in total. The molecule has 24 heavy (non-hydrogen) atoms. The van der Waals surface area contributed by atoms with Crippen molar-refractivity contribution < 1.29 is 17.1 Å². The van der Waals surface area contributed by atoms with Gasteiger partial charge in [-0.15, -0.1) is 13.5 Å². The molecule has 0 aliphatic rings. The van der Waals surface area contributed by atoms with Crippen LogP contribution in [0.2, 0.25) is 0 Å². The Bertz CT molecular complexity index is 546. The summed E-state index contributed by atoms with van der Waals surface area (Å²) in [6.07, 6.45) is 1.27. The van der Waals surface area contributed by atoms with E-state index in [1.54, 1.807) is 5.56 Å². The molecule has 2 heteroatoms. The normalized spacial score (nSPS) is 11.8. The molecule has 0 saturated carbocycles. The Morgan fingerprint density at radius 1 is 0.833 bits per heavy atom. The molecule has 0 spiro atoms. The average Bonchev–Trinajstić information content (AvgIpc) is 3.03. The molecule has 142 valence electrons. The summed E-state index contributed by atoms with van der Waals surface area (Å²) in [5.74, 6) is 0. The Hall–Kier alpha value is -0.351. The van der Waals surface area contributed by atoms with E-state index in [4.69, 9.17) is 0 Å². The van der Waals surface area contributed by atoms with Crippen LogP contribution in [0.5, 0.6) is 0 Å². The predicted octanol–water partition coefficient (Wildman–Crippen LogP) is 7.31. The number of hydrogen-bond acceptors (Lipinski definition) is 0. The Balaban J connectivity index is 0.000000751. The van der Waals surface area contributed by atoms with E-state index in [0.29, 0.717) is 10.3 Å². The van der Waals surface area contributed by atoms with Crippen molar-refractivity contribution in [3.63, 3.8) is 0 Å². The summed E-state index contributed by atoms with van der Waals surface area (Å²) in [5.41, 5.74) is 6.05. The zero-order valence-electron chi connectivity index (χ0n) is 17.0. The molecule has 0 aliphatic carbocycles. The van der Waals surface area contributed by atoms with Gasteiger partial charge in [0.1, 0.15) is 0 Å². The van der Waals surface area contributed by atoms with Crippen molar-refractivity contribution >= 4 is 7.92 Å². The van der Waals surface area contributed by atoms with Crippen molar-refractivity contribution in [3.8, 4) is 0 Å². The van der Waals surface area contributed by atoms with Crippen LogP contribution in [0.25, 0.3) is 0 Å². The van der Waals surface area contributed by atoms with Crippen molar-refractivity contribution in [3.05, 3.63) is 58.7 Å². The van der Waals surface area contributed by atoms with E-state index in [0.717, 1.165) is 0 Å². The molecule has 0 amide bonds. The largest absolute Gasteiger partial charge is 0.748 e. The summed E-state index contributed by atoms with van der Waals surface area (Å²) in [4.78, 5) is 0. The van der Waals surface area contributed by atoms with Crippen LogP contribution in [0.1, 0.15) is 63.8 Å². The summed E-state index contributed by atoms with van der Waals surface area (Å²) in [6, 6.07) is 12.4. The maximum Gasteiger partial charge on any atom is 0 e. The topological polar surface area (TPSA) is 0 Å². The molecule has 0 heterocycles. The van der Waals surface area contributed by atoms with Gasteiger partial charge in [0, 0.05) is 17.1 Å². The molecule has 2 aromatic carbocycles. The number of aryl methyl sites for hydroxylation is 1. The van der Waals surface area contributed by atoms with Gasteiger partial charge in [-0.1, -0.05) is 68.5 Å². The molecule has 0 nitrogen and oxygen atoms in total. The standard InChI is InChI=1S/C17H30P.C5H5.Fe/c1-12-10-15(14(3)13(12)2)11-18(16(4,5)6)17(7,8)9;1-2-4-5-3-1;/h10H,11H2,1-9H3;1-5H;/q-1;-5;. The summed E-state index contributed by atoms with van der Waals surface area (Å²) < 4.78 is 0. The third kappa shape index (κ3) is 6.87. The van der Waals surface area contributed by atoms with Gasteiger partial charge in [-0.25, -0.2) is 0 Å². The first-order valence-electron chi connectivity index (χ1n) is 8.61. The quantitative estimate of drug-likeness (QED) is 0.288. The van der Waals surface area contributed by atoms with E-state index in [2.05, 4.69) is 68.4 Å². The van der Waals surface area contributed by atoms with Crippen LogP contribution in [0.4, 0.5) is 0 Å². The van der Waals surface area contributed by atoms with E-state index in [1.807, 2.05) is 30.3 Å². The van der Waals surface area contributed by atoms with Crippen molar-refractivity contribution in [1.82, 2.24) is 0 Å². The maximum absolute atomic E-state index is 2.41. The van der Waals surface area contributed by atoms with Crippen molar-refractivity contribution in [2.75, 3.05) is 0 Å².